The van der Waals surface area contributed by atoms with E-state index in [-0.39, 0.29) is 11.7 Å². The summed E-state index contributed by atoms with van der Waals surface area (Å²) in [5.74, 6) is -1.84. The van der Waals surface area contributed by atoms with Crippen molar-refractivity contribution in [3.63, 3.8) is 0 Å². The minimum absolute atomic E-state index is 0.0497. The fourth-order valence-corrected chi connectivity index (χ4v) is 2.87. The highest BCUT2D eigenvalue weighted by molar-refractivity contribution is 7.99. The van der Waals surface area contributed by atoms with Gasteiger partial charge in [0.05, 0.1) is 7.11 Å². The molecule has 0 fully saturated rings. The van der Waals surface area contributed by atoms with Gasteiger partial charge in [0, 0.05) is 0 Å². The van der Waals surface area contributed by atoms with Gasteiger partial charge >= 0.3 is 11.9 Å². The lowest BCUT2D eigenvalue weighted by atomic mass is 9.99. The molecule has 0 unspecified atom stereocenters. The van der Waals surface area contributed by atoms with Gasteiger partial charge in [0.2, 0.25) is 0 Å². The molecule has 0 spiro atoms. The van der Waals surface area contributed by atoms with Gasteiger partial charge in [-0.25, -0.2) is 9.78 Å². The normalized spacial score (nSPS) is 13.0. The van der Waals surface area contributed by atoms with Gasteiger partial charge in [-0.15, -0.1) is 0 Å². The molecule has 146 valence electrons. The fourth-order valence-electron chi connectivity index (χ4n) is 2.23. The number of carbonyl (C=O) groups excluding carboxylic acids is 3. The number of nitrogens with zero attached hydrogens (tertiary/aromatic N) is 1. The van der Waals surface area contributed by atoms with Crippen molar-refractivity contribution < 1.29 is 28.3 Å². The number of rotatable bonds is 9. The molecule has 1 aromatic carbocycles. The monoisotopic (exact) mass is 394 g/mol. The first-order valence-corrected chi connectivity index (χ1v) is 9.44. The number of carbonyl (C=O) groups is 3. The van der Waals surface area contributed by atoms with Crippen LogP contribution in [0.25, 0.3) is 11.1 Å². The van der Waals surface area contributed by atoms with Crippen LogP contribution in [0.1, 0.15) is 20.3 Å². The van der Waals surface area contributed by atoms with Crippen molar-refractivity contribution in [1.82, 2.24) is 10.3 Å². The third-order valence-electron chi connectivity index (χ3n) is 3.94. The van der Waals surface area contributed by atoms with Gasteiger partial charge in [-0.2, -0.15) is 0 Å². The molecule has 2 rings (SSSR count). The van der Waals surface area contributed by atoms with Crippen molar-refractivity contribution in [3.8, 4) is 0 Å². The zero-order valence-electron chi connectivity index (χ0n) is 15.4. The Kier molecular flexibility index (Phi) is 7.66. The topological polar surface area (TPSA) is 108 Å². The maximum Gasteiger partial charge on any atom is 0.328 e. The van der Waals surface area contributed by atoms with Crippen molar-refractivity contribution >= 4 is 40.7 Å². The number of ether oxygens (including phenoxy) is 2. The molecule has 0 saturated carbocycles. The van der Waals surface area contributed by atoms with E-state index in [0.717, 1.165) is 11.8 Å². The molecule has 2 atom stereocenters. The Bertz CT molecular complexity index is 773. The second-order valence-corrected chi connectivity index (χ2v) is 6.78. The van der Waals surface area contributed by atoms with Crippen LogP contribution in [-0.4, -0.2) is 48.3 Å². The van der Waals surface area contributed by atoms with Gasteiger partial charge in [0.1, 0.15) is 17.3 Å². The van der Waals surface area contributed by atoms with Gasteiger partial charge in [-0.05, 0) is 18.1 Å². The Morgan fingerprint density at radius 3 is 2.70 bits per heavy atom. The van der Waals surface area contributed by atoms with Crippen LogP contribution in [-0.2, 0) is 23.9 Å². The largest absolute Gasteiger partial charge is 0.467 e. The van der Waals surface area contributed by atoms with Crippen LogP contribution in [0.15, 0.2) is 33.9 Å². The fraction of sp³-hybridized carbons (Fsp3) is 0.444. The van der Waals surface area contributed by atoms with Crippen LogP contribution in [0.2, 0.25) is 0 Å². The van der Waals surface area contributed by atoms with E-state index in [1.807, 2.05) is 26.0 Å². The van der Waals surface area contributed by atoms with Gasteiger partial charge in [-0.1, -0.05) is 44.2 Å². The Labute approximate surface area is 161 Å². The highest BCUT2D eigenvalue weighted by Gasteiger charge is 2.27. The second-order valence-electron chi connectivity index (χ2n) is 5.85. The van der Waals surface area contributed by atoms with Crippen LogP contribution >= 0.6 is 11.8 Å². The van der Waals surface area contributed by atoms with E-state index >= 15 is 0 Å². The smallest absolute Gasteiger partial charge is 0.328 e. The summed E-state index contributed by atoms with van der Waals surface area (Å²) in [6.45, 7) is 3.25. The van der Waals surface area contributed by atoms with Gasteiger partial charge in [-0.3, -0.25) is 9.59 Å². The number of benzene rings is 1. The minimum atomic E-state index is -0.777. The molecule has 27 heavy (non-hydrogen) atoms. The van der Waals surface area contributed by atoms with E-state index in [0.29, 0.717) is 22.7 Å². The van der Waals surface area contributed by atoms with Crippen LogP contribution in [0.3, 0.4) is 0 Å². The highest BCUT2D eigenvalue weighted by atomic mass is 32.2. The summed E-state index contributed by atoms with van der Waals surface area (Å²) in [7, 11) is 1.26. The lowest BCUT2D eigenvalue weighted by Gasteiger charge is -2.21. The molecular weight excluding hydrogens is 372 g/mol. The third-order valence-corrected chi connectivity index (χ3v) is 4.74. The first kappa shape index (κ1) is 20.8. The molecule has 0 aliphatic rings. The van der Waals surface area contributed by atoms with E-state index < -0.39 is 30.5 Å². The van der Waals surface area contributed by atoms with E-state index in [1.165, 1.54) is 7.11 Å². The SMILES string of the molecule is CC[C@@H](C)[C@@H](NC(=O)COC(=O)CSc1nc2ccccc2o1)C(=O)OC. The predicted molar refractivity (Wildman–Crippen MR) is 99.1 cm³/mol. The number of hydrogen-bond donors (Lipinski definition) is 1. The average molecular weight is 394 g/mol. The number of aromatic nitrogens is 1. The molecule has 9 heteroatoms. The zero-order valence-corrected chi connectivity index (χ0v) is 16.2. The van der Waals surface area contributed by atoms with Crippen LogP contribution in [0, 0.1) is 5.92 Å². The number of para-hydroxylation sites is 2. The summed E-state index contributed by atoms with van der Waals surface area (Å²) in [6.07, 6.45) is 0.682. The molecule has 2 aromatic rings. The Morgan fingerprint density at radius 1 is 1.30 bits per heavy atom. The Hall–Kier alpha value is -2.55. The van der Waals surface area contributed by atoms with Crippen molar-refractivity contribution in [2.24, 2.45) is 5.92 Å². The van der Waals surface area contributed by atoms with Gasteiger partial charge in [0.25, 0.3) is 11.1 Å². The molecule has 0 radical (unpaired) electrons. The van der Waals surface area contributed by atoms with Crippen molar-refractivity contribution in [3.05, 3.63) is 24.3 Å². The van der Waals surface area contributed by atoms with E-state index in [2.05, 4.69) is 10.3 Å². The molecule has 1 amide bonds. The van der Waals surface area contributed by atoms with E-state index in [1.54, 1.807) is 12.1 Å². The summed E-state index contributed by atoms with van der Waals surface area (Å²) >= 11 is 1.08. The Morgan fingerprint density at radius 2 is 2.04 bits per heavy atom. The first-order chi connectivity index (χ1) is 12.9. The second kappa shape index (κ2) is 9.96. The van der Waals surface area contributed by atoms with Crippen LogP contribution < -0.4 is 5.32 Å². The summed E-state index contributed by atoms with van der Waals surface area (Å²) in [5, 5.41) is 2.88. The standard InChI is InChI=1S/C18H22N2O6S/c1-4-11(2)16(17(23)24-3)20-14(21)9-25-15(22)10-27-18-19-12-7-5-6-8-13(12)26-18/h5-8,11,16H,4,9-10H2,1-3H3,(H,20,21)/t11-,16-/m1/s1. The molecule has 0 aliphatic heterocycles. The number of fused-ring (bicyclic) bond motifs is 1. The molecule has 8 nitrogen and oxygen atoms in total. The summed E-state index contributed by atoms with van der Waals surface area (Å²) in [4.78, 5) is 39.8. The number of methoxy groups -OCH3 is 1. The summed E-state index contributed by atoms with van der Waals surface area (Å²) < 4.78 is 15.1. The molecular formula is C18H22N2O6S. The number of nitrogens with one attached hydrogen (secondary N) is 1. The van der Waals surface area contributed by atoms with E-state index in [4.69, 9.17) is 13.9 Å². The van der Waals surface area contributed by atoms with E-state index in [9.17, 15) is 14.4 Å². The summed E-state index contributed by atoms with van der Waals surface area (Å²) in [5.41, 5.74) is 1.33. The third kappa shape index (κ3) is 5.99. The number of oxazole rings is 1. The maximum absolute atomic E-state index is 12.0. The van der Waals surface area contributed by atoms with Crippen LogP contribution in [0.4, 0.5) is 0 Å². The number of thioether (sulfide) groups is 1. The van der Waals surface area contributed by atoms with Crippen molar-refractivity contribution in [2.75, 3.05) is 19.5 Å². The summed E-state index contributed by atoms with van der Waals surface area (Å²) in [6, 6.07) is 6.48. The van der Waals surface area contributed by atoms with Crippen LogP contribution in [0.5, 0.6) is 0 Å². The molecule has 0 aliphatic carbocycles. The maximum atomic E-state index is 12.0. The quantitative estimate of drug-likeness (QED) is 0.509. The van der Waals surface area contributed by atoms with Gasteiger partial charge in [0.15, 0.2) is 12.2 Å². The molecule has 0 bridgehead atoms. The minimum Gasteiger partial charge on any atom is -0.467 e. The molecule has 1 aromatic heterocycles. The Balaban J connectivity index is 1.78. The predicted octanol–water partition coefficient (Wildman–Crippen LogP) is 2.17. The molecule has 1 heterocycles. The number of amides is 1. The van der Waals surface area contributed by atoms with Gasteiger partial charge < -0.3 is 19.2 Å². The molecule has 0 saturated heterocycles. The lowest BCUT2D eigenvalue weighted by Crippen LogP contribution is -2.47. The zero-order chi connectivity index (χ0) is 19.8. The van der Waals surface area contributed by atoms with Crippen molar-refractivity contribution in [2.45, 2.75) is 31.5 Å². The number of esters is 2. The molecule has 1 N–H and O–H groups in total. The van der Waals surface area contributed by atoms with Crippen molar-refractivity contribution in [1.29, 1.82) is 0 Å². The number of hydrogen-bond acceptors (Lipinski definition) is 8. The first-order valence-electron chi connectivity index (χ1n) is 8.45. The highest BCUT2D eigenvalue weighted by Crippen LogP contribution is 2.23. The average Bonchev–Trinajstić information content (AvgIpc) is 3.10. The lowest BCUT2D eigenvalue weighted by molar-refractivity contribution is -0.149.